The van der Waals surface area contributed by atoms with Gasteiger partial charge in [-0.3, -0.25) is 9.59 Å². The summed E-state index contributed by atoms with van der Waals surface area (Å²) in [7, 11) is -3.71. The molecule has 2 aliphatic heterocycles. The first kappa shape index (κ1) is 20.6. The fourth-order valence-electron chi connectivity index (χ4n) is 3.25. The van der Waals surface area contributed by atoms with Gasteiger partial charge in [0.2, 0.25) is 15.9 Å². The Morgan fingerprint density at radius 1 is 1.32 bits per heavy atom. The van der Waals surface area contributed by atoms with E-state index in [0.717, 1.165) is 6.42 Å². The molecular formula is C19H27N3O5S. The van der Waals surface area contributed by atoms with Crippen LogP contribution in [0.2, 0.25) is 0 Å². The zero-order chi connectivity index (χ0) is 20.5. The van der Waals surface area contributed by atoms with Crippen molar-refractivity contribution in [1.29, 1.82) is 0 Å². The van der Waals surface area contributed by atoms with Crippen LogP contribution in [0.5, 0.6) is 5.75 Å². The van der Waals surface area contributed by atoms with Crippen LogP contribution in [0, 0.1) is 5.92 Å². The molecule has 0 spiro atoms. The quantitative estimate of drug-likeness (QED) is 0.771. The molecule has 0 bridgehead atoms. The van der Waals surface area contributed by atoms with E-state index in [2.05, 4.69) is 10.6 Å². The topological polar surface area (TPSA) is 105 Å². The highest BCUT2D eigenvalue weighted by Crippen LogP contribution is 2.32. The highest BCUT2D eigenvalue weighted by atomic mass is 32.2. The minimum atomic E-state index is -3.71. The number of nitrogens with zero attached hydrogens (tertiary/aromatic N) is 1. The van der Waals surface area contributed by atoms with Crippen molar-refractivity contribution in [3.63, 3.8) is 0 Å². The predicted molar refractivity (Wildman–Crippen MR) is 105 cm³/mol. The van der Waals surface area contributed by atoms with Crippen molar-refractivity contribution < 1.29 is 22.7 Å². The van der Waals surface area contributed by atoms with Gasteiger partial charge in [0.25, 0.3) is 5.91 Å². The molecule has 154 valence electrons. The second-order valence-electron chi connectivity index (χ2n) is 7.90. The van der Waals surface area contributed by atoms with Crippen molar-refractivity contribution in [2.45, 2.75) is 50.5 Å². The second kappa shape index (κ2) is 7.71. The van der Waals surface area contributed by atoms with Crippen LogP contribution in [-0.2, 0) is 19.6 Å². The van der Waals surface area contributed by atoms with E-state index in [0.29, 0.717) is 24.3 Å². The van der Waals surface area contributed by atoms with Gasteiger partial charge in [-0.05, 0) is 51.3 Å². The Morgan fingerprint density at radius 3 is 2.64 bits per heavy atom. The molecule has 28 heavy (non-hydrogen) atoms. The number of carbonyl (C=O) groups is 2. The summed E-state index contributed by atoms with van der Waals surface area (Å²) in [6.07, 6.45) is 1.79. The summed E-state index contributed by atoms with van der Waals surface area (Å²) < 4.78 is 32.6. The van der Waals surface area contributed by atoms with Crippen LogP contribution in [0.3, 0.4) is 0 Å². The van der Waals surface area contributed by atoms with Gasteiger partial charge < -0.3 is 15.4 Å². The minimum Gasteiger partial charge on any atom is -0.482 e. The number of nitrogens with one attached hydrogen (secondary N) is 2. The third kappa shape index (κ3) is 4.30. The van der Waals surface area contributed by atoms with E-state index in [1.54, 1.807) is 6.07 Å². The van der Waals surface area contributed by atoms with Crippen LogP contribution >= 0.6 is 0 Å². The smallest absolute Gasteiger partial charge is 0.262 e. The molecular weight excluding hydrogens is 382 g/mol. The van der Waals surface area contributed by atoms with E-state index >= 15 is 0 Å². The molecule has 2 N–H and O–H groups in total. The minimum absolute atomic E-state index is 0.0162. The Bertz CT molecular complexity index is 874. The lowest BCUT2D eigenvalue weighted by Crippen LogP contribution is -2.48. The molecule has 2 amide bonds. The molecule has 2 aliphatic rings. The fourth-order valence-corrected chi connectivity index (χ4v) is 4.75. The first-order valence-electron chi connectivity index (χ1n) is 9.51. The van der Waals surface area contributed by atoms with E-state index in [-0.39, 0.29) is 47.9 Å². The van der Waals surface area contributed by atoms with Crippen LogP contribution in [0.1, 0.15) is 40.0 Å². The van der Waals surface area contributed by atoms with Gasteiger partial charge in [-0.1, -0.05) is 6.92 Å². The van der Waals surface area contributed by atoms with Crippen LogP contribution < -0.4 is 15.4 Å². The Morgan fingerprint density at radius 2 is 2.00 bits per heavy atom. The number of amides is 2. The molecule has 2 heterocycles. The van der Waals surface area contributed by atoms with Crippen molar-refractivity contribution in [1.82, 2.24) is 9.62 Å². The number of anilines is 1. The van der Waals surface area contributed by atoms with Gasteiger partial charge in [-0.15, -0.1) is 0 Å². The summed E-state index contributed by atoms with van der Waals surface area (Å²) in [6, 6.07) is 4.45. The van der Waals surface area contributed by atoms with Crippen molar-refractivity contribution in [2.24, 2.45) is 5.92 Å². The standard InChI is InChI=1S/C19H27N3O5S/c1-4-19(2,3)21-18(24)13-7-9-22(10-8-13)28(25,26)14-5-6-16-15(11-14)20-17(23)12-27-16/h5-6,11,13H,4,7-10,12H2,1-3H3,(H,20,23)(H,21,24). The molecule has 1 aromatic carbocycles. The molecule has 1 saturated heterocycles. The van der Waals surface area contributed by atoms with Gasteiger partial charge in [0, 0.05) is 24.5 Å². The Labute approximate surface area is 165 Å². The maximum atomic E-state index is 13.0. The third-order valence-corrected chi connectivity index (χ3v) is 7.29. The predicted octanol–water partition coefficient (Wildman–Crippen LogP) is 1.72. The van der Waals surface area contributed by atoms with Crippen LogP contribution in [-0.4, -0.2) is 49.8 Å². The normalized spacial score (nSPS) is 18.8. The lowest BCUT2D eigenvalue weighted by atomic mass is 9.94. The number of hydrogen-bond acceptors (Lipinski definition) is 5. The van der Waals surface area contributed by atoms with Crippen LogP contribution in [0.15, 0.2) is 23.1 Å². The van der Waals surface area contributed by atoms with Crippen molar-refractivity contribution >= 4 is 27.5 Å². The first-order chi connectivity index (χ1) is 13.1. The summed E-state index contributed by atoms with van der Waals surface area (Å²) >= 11 is 0. The molecule has 1 fully saturated rings. The molecule has 0 atom stereocenters. The Kier molecular flexibility index (Phi) is 5.67. The number of carbonyl (C=O) groups excluding carboxylic acids is 2. The number of fused-ring (bicyclic) bond motifs is 1. The van der Waals surface area contributed by atoms with Crippen molar-refractivity contribution in [2.75, 3.05) is 25.0 Å². The Balaban J connectivity index is 1.67. The molecule has 3 rings (SSSR count). The van der Waals surface area contributed by atoms with Gasteiger partial charge in [-0.25, -0.2) is 8.42 Å². The van der Waals surface area contributed by atoms with Gasteiger partial charge in [0.15, 0.2) is 6.61 Å². The summed E-state index contributed by atoms with van der Waals surface area (Å²) in [5.74, 6) is -0.0672. The van der Waals surface area contributed by atoms with Gasteiger partial charge in [0.05, 0.1) is 10.6 Å². The maximum Gasteiger partial charge on any atom is 0.262 e. The van der Waals surface area contributed by atoms with Crippen molar-refractivity contribution in [3.8, 4) is 5.75 Å². The SMILES string of the molecule is CCC(C)(C)NC(=O)C1CCN(S(=O)(=O)c2ccc3c(c2)NC(=O)CO3)CC1. The molecule has 0 aliphatic carbocycles. The van der Waals surface area contributed by atoms with E-state index < -0.39 is 10.0 Å². The number of rotatable bonds is 5. The lowest BCUT2D eigenvalue weighted by Gasteiger charge is -2.33. The van der Waals surface area contributed by atoms with Crippen LogP contribution in [0.25, 0.3) is 0 Å². The molecule has 0 saturated carbocycles. The highest BCUT2D eigenvalue weighted by molar-refractivity contribution is 7.89. The highest BCUT2D eigenvalue weighted by Gasteiger charge is 2.34. The average molecular weight is 410 g/mol. The van der Waals surface area contributed by atoms with Crippen LogP contribution in [0.4, 0.5) is 5.69 Å². The first-order valence-corrected chi connectivity index (χ1v) is 11.0. The average Bonchev–Trinajstić information content (AvgIpc) is 2.67. The molecule has 9 heteroatoms. The zero-order valence-corrected chi connectivity index (χ0v) is 17.3. The summed E-state index contributed by atoms with van der Waals surface area (Å²) in [6.45, 7) is 6.46. The summed E-state index contributed by atoms with van der Waals surface area (Å²) in [4.78, 5) is 24.0. The summed E-state index contributed by atoms with van der Waals surface area (Å²) in [5.41, 5.74) is 0.0871. The number of sulfonamides is 1. The maximum absolute atomic E-state index is 13.0. The number of hydrogen-bond donors (Lipinski definition) is 2. The van der Waals surface area contributed by atoms with Gasteiger partial charge >= 0.3 is 0 Å². The van der Waals surface area contributed by atoms with E-state index in [1.165, 1.54) is 16.4 Å². The second-order valence-corrected chi connectivity index (χ2v) is 9.84. The zero-order valence-electron chi connectivity index (χ0n) is 16.4. The molecule has 0 aromatic heterocycles. The monoisotopic (exact) mass is 409 g/mol. The lowest BCUT2D eigenvalue weighted by molar-refractivity contribution is -0.127. The number of benzene rings is 1. The number of piperidine rings is 1. The fraction of sp³-hybridized carbons (Fsp3) is 0.579. The third-order valence-electron chi connectivity index (χ3n) is 5.39. The Hall–Kier alpha value is -2.13. The molecule has 0 radical (unpaired) electrons. The van der Waals surface area contributed by atoms with Crippen molar-refractivity contribution in [3.05, 3.63) is 18.2 Å². The largest absolute Gasteiger partial charge is 0.482 e. The van der Waals surface area contributed by atoms with E-state index in [4.69, 9.17) is 4.74 Å². The molecule has 0 unspecified atom stereocenters. The molecule has 1 aromatic rings. The van der Waals surface area contributed by atoms with Gasteiger partial charge in [-0.2, -0.15) is 4.31 Å². The summed E-state index contributed by atoms with van der Waals surface area (Å²) in [5, 5.41) is 5.66. The van der Waals surface area contributed by atoms with E-state index in [9.17, 15) is 18.0 Å². The number of ether oxygens (including phenoxy) is 1. The van der Waals surface area contributed by atoms with E-state index in [1.807, 2.05) is 20.8 Å². The van der Waals surface area contributed by atoms with Gasteiger partial charge in [0.1, 0.15) is 5.75 Å². The molecule has 8 nitrogen and oxygen atoms in total.